The lowest BCUT2D eigenvalue weighted by atomic mass is 10.2. The first-order valence-corrected chi connectivity index (χ1v) is 4.51. The first-order valence-electron chi connectivity index (χ1n) is 4.51. The molecule has 5 heteroatoms. The molecule has 0 aromatic carbocycles. The van der Waals surface area contributed by atoms with E-state index in [0.29, 0.717) is 6.54 Å². The predicted octanol–water partition coefficient (Wildman–Crippen LogP) is 1.02. The van der Waals surface area contributed by atoms with Crippen LogP contribution in [-0.2, 0) is 13.1 Å². The summed E-state index contributed by atoms with van der Waals surface area (Å²) in [6.45, 7) is 3.17. The molecule has 2 rings (SSSR count). The van der Waals surface area contributed by atoms with Gasteiger partial charge in [-0.15, -0.1) is 5.10 Å². The monoisotopic (exact) mass is 192 g/mol. The summed E-state index contributed by atoms with van der Waals surface area (Å²) in [6.07, 6.45) is 3.30. The van der Waals surface area contributed by atoms with Gasteiger partial charge in [0.05, 0.1) is 18.2 Å². The Morgan fingerprint density at radius 2 is 2.43 bits per heavy atom. The van der Waals surface area contributed by atoms with E-state index in [9.17, 15) is 0 Å². The van der Waals surface area contributed by atoms with Crippen molar-refractivity contribution in [3.8, 4) is 11.3 Å². The Hall–Kier alpha value is -1.62. The zero-order valence-corrected chi connectivity index (χ0v) is 7.97. The average Bonchev–Trinajstić information content (AvgIpc) is 2.85. The summed E-state index contributed by atoms with van der Waals surface area (Å²) in [7, 11) is 0. The average molecular weight is 192 g/mol. The molecule has 2 heterocycles. The topological polar surface area (TPSA) is 69.9 Å². The van der Waals surface area contributed by atoms with Crippen molar-refractivity contribution in [3.63, 3.8) is 0 Å². The Balaban J connectivity index is 2.54. The highest BCUT2D eigenvalue weighted by Gasteiger charge is 2.13. The molecule has 0 aliphatic carbocycles. The lowest BCUT2D eigenvalue weighted by Crippen LogP contribution is -2.02. The summed E-state index contributed by atoms with van der Waals surface area (Å²) in [4.78, 5) is 0. The molecule has 74 valence electrons. The van der Waals surface area contributed by atoms with E-state index in [1.54, 1.807) is 12.5 Å². The summed E-state index contributed by atoms with van der Waals surface area (Å²) in [5.41, 5.74) is 8.30. The molecular formula is C9H12N4O. The first kappa shape index (κ1) is 8.96. The minimum Gasteiger partial charge on any atom is -0.472 e. The normalized spacial score (nSPS) is 10.7. The predicted molar refractivity (Wildman–Crippen MR) is 51.3 cm³/mol. The number of hydrogen-bond acceptors (Lipinski definition) is 4. The molecule has 0 fully saturated rings. The van der Waals surface area contributed by atoms with Crippen LogP contribution >= 0.6 is 0 Å². The Labute approximate surface area is 81.5 Å². The van der Waals surface area contributed by atoms with Crippen LogP contribution in [0.25, 0.3) is 11.3 Å². The fourth-order valence-electron chi connectivity index (χ4n) is 1.42. The van der Waals surface area contributed by atoms with Crippen LogP contribution in [0, 0.1) is 0 Å². The van der Waals surface area contributed by atoms with Gasteiger partial charge in [-0.05, 0) is 13.0 Å². The minimum atomic E-state index is 0.389. The minimum absolute atomic E-state index is 0.389. The maximum Gasteiger partial charge on any atom is 0.104 e. The molecular weight excluding hydrogens is 180 g/mol. The Morgan fingerprint density at radius 1 is 1.57 bits per heavy atom. The fourth-order valence-corrected chi connectivity index (χ4v) is 1.42. The fraction of sp³-hybridized carbons (Fsp3) is 0.333. The van der Waals surface area contributed by atoms with Gasteiger partial charge in [-0.25, -0.2) is 4.68 Å². The van der Waals surface area contributed by atoms with Crippen molar-refractivity contribution in [3.05, 3.63) is 24.3 Å². The summed E-state index contributed by atoms with van der Waals surface area (Å²) >= 11 is 0. The van der Waals surface area contributed by atoms with Crippen molar-refractivity contribution in [2.75, 3.05) is 0 Å². The smallest absolute Gasteiger partial charge is 0.104 e. The van der Waals surface area contributed by atoms with Gasteiger partial charge >= 0.3 is 0 Å². The molecule has 14 heavy (non-hydrogen) atoms. The molecule has 0 aliphatic heterocycles. The van der Waals surface area contributed by atoms with Gasteiger partial charge < -0.3 is 10.2 Å². The van der Waals surface area contributed by atoms with E-state index in [4.69, 9.17) is 10.2 Å². The van der Waals surface area contributed by atoms with Crippen LogP contribution in [0.5, 0.6) is 0 Å². The number of hydrogen-bond donors (Lipinski definition) is 1. The van der Waals surface area contributed by atoms with E-state index < -0.39 is 0 Å². The number of rotatable bonds is 3. The number of nitrogens with two attached hydrogens (primary N) is 1. The number of furan rings is 1. The molecule has 2 N–H and O–H groups in total. The van der Waals surface area contributed by atoms with Crippen LogP contribution in [0.2, 0.25) is 0 Å². The number of aromatic nitrogens is 3. The van der Waals surface area contributed by atoms with E-state index in [2.05, 4.69) is 10.3 Å². The summed E-state index contributed by atoms with van der Waals surface area (Å²) in [5.74, 6) is 0. The van der Waals surface area contributed by atoms with Crippen molar-refractivity contribution >= 4 is 0 Å². The van der Waals surface area contributed by atoms with Gasteiger partial charge in [-0.2, -0.15) is 0 Å². The molecule has 0 bridgehead atoms. The van der Waals surface area contributed by atoms with Crippen LogP contribution in [0.1, 0.15) is 12.6 Å². The van der Waals surface area contributed by atoms with Crippen molar-refractivity contribution in [1.29, 1.82) is 0 Å². The van der Waals surface area contributed by atoms with Gasteiger partial charge in [0.15, 0.2) is 0 Å². The molecule has 0 atom stereocenters. The van der Waals surface area contributed by atoms with E-state index >= 15 is 0 Å². The van der Waals surface area contributed by atoms with Gasteiger partial charge in [0.1, 0.15) is 5.69 Å². The molecule has 5 nitrogen and oxygen atoms in total. The summed E-state index contributed by atoms with van der Waals surface area (Å²) in [6, 6.07) is 1.88. The van der Waals surface area contributed by atoms with Crippen molar-refractivity contribution in [2.45, 2.75) is 20.0 Å². The van der Waals surface area contributed by atoms with Crippen LogP contribution in [0.4, 0.5) is 0 Å². The molecule has 0 saturated carbocycles. The largest absolute Gasteiger partial charge is 0.472 e. The van der Waals surface area contributed by atoms with Crippen molar-refractivity contribution in [1.82, 2.24) is 15.0 Å². The second kappa shape index (κ2) is 3.63. The Bertz CT molecular complexity index is 383. The van der Waals surface area contributed by atoms with E-state index in [0.717, 1.165) is 23.5 Å². The first-order chi connectivity index (χ1) is 6.86. The number of aryl methyl sites for hydroxylation is 1. The Morgan fingerprint density at radius 3 is 3.00 bits per heavy atom. The quantitative estimate of drug-likeness (QED) is 0.788. The highest BCUT2D eigenvalue weighted by molar-refractivity contribution is 5.60. The number of nitrogens with zero attached hydrogens (tertiary/aromatic N) is 3. The lowest BCUT2D eigenvalue weighted by molar-refractivity contribution is 0.567. The van der Waals surface area contributed by atoms with Crippen LogP contribution in [-0.4, -0.2) is 15.0 Å². The zero-order chi connectivity index (χ0) is 9.97. The van der Waals surface area contributed by atoms with Gasteiger partial charge in [-0.1, -0.05) is 5.21 Å². The second-order valence-corrected chi connectivity index (χ2v) is 2.92. The van der Waals surface area contributed by atoms with Crippen LogP contribution in [0.15, 0.2) is 23.0 Å². The SMILES string of the molecule is CCn1nnc(CN)c1-c1ccoc1. The maximum atomic E-state index is 5.58. The summed E-state index contributed by atoms with van der Waals surface area (Å²) < 4.78 is 6.84. The second-order valence-electron chi connectivity index (χ2n) is 2.92. The van der Waals surface area contributed by atoms with Crippen molar-refractivity contribution in [2.24, 2.45) is 5.73 Å². The molecule has 0 spiro atoms. The Kier molecular flexibility index (Phi) is 2.32. The van der Waals surface area contributed by atoms with Crippen LogP contribution < -0.4 is 5.73 Å². The van der Waals surface area contributed by atoms with Gasteiger partial charge in [0.2, 0.25) is 0 Å². The van der Waals surface area contributed by atoms with Gasteiger partial charge in [0, 0.05) is 18.7 Å². The third-order valence-electron chi connectivity index (χ3n) is 2.09. The highest BCUT2D eigenvalue weighted by atomic mass is 16.3. The molecule has 0 radical (unpaired) electrons. The standard InChI is InChI=1S/C9H12N4O/c1-2-13-9(7-3-4-14-6-7)8(5-10)11-12-13/h3-4,6H,2,5,10H2,1H3. The van der Waals surface area contributed by atoms with Crippen LogP contribution in [0.3, 0.4) is 0 Å². The zero-order valence-electron chi connectivity index (χ0n) is 7.97. The van der Waals surface area contributed by atoms with Crippen molar-refractivity contribution < 1.29 is 4.42 Å². The summed E-state index contributed by atoms with van der Waals surface area (Å²) in [5, 5.41) is 8.01. The van der Waals surface area contributed by atoms with E-state index in [1.165, 1.54) is 0 Å². The molecule has 2 aromatic rings. The highest BCUT2D eigenvalue weighted by Crippen LogP contribution is 2.22. The molecule has 0 amide bonds. The van der Waals surface area contributed by atoms with E-state index in [1.807, 2.05) is 17.7 Å². The third kappa shape index (κ3) is 1.31. The maximum absolute atomic E-state index is 5.58. The molecule has 0 saturated heterocycles. The lowest BCUT2D eigenvalue weighted by Gasteiger charge is -2.01. The van der Waals surface area contributed by atoms with Gasteiger partial charge in [0.25, 0.3) is 0 Å². The van der Waals surface area contributed by atoms with Gasteiger partial charge in [-0.3, -0.25) is 0 Å². The molecule has 2 aromatic heterocycles. The molecule has 0 aliphatic rings. The van der Waals surface area contributed by atoms with E-state index in [-0.39, 0.29) is 0 Å². The third-order valence-corrected chi connectivity index (χ3v) is 2.09. The molecule has 0 unspecified atom stereocenters.